The molecule has 2 aliphatic heterocycles. The summed E-state index contributed by atoms with van der Waals surface area (Å²) >= 11 is 0. The predicted molar refractivity (Wildman–Crippen MR) is 219 cm³/mol. The number of ether oxygens (including phenoxy) is 2. The number of benzene rings is 4. The van der Waals surface area contributed by atoms with Crippen molar-refractivity contribution in [3.05, 3.63) is 131 Å². The SMILES string of the molecule is CC(C)(C)NC(=O)C1CCC2CCCCC2N1CC1CC(c2ccc(CO)cc2)OC(c2cccc(-c3cccc(CNC(=O)NCc4ccccc4)c3)c2)O1. The summed E-state index contributed by atoms with van der Waals surface area (Å²) in [4.78, 5) is 28.9. The van der Waals surface area contributed by atoms with Crippen LogP contribution in [0.5, 0.6) is 0 Å². The number of hydrogen-bond donors (Lipinski definition) is 4. The van der Waals surface area contributed by atoms with Crippen LogP contribution in [0.2, 0.25) is 0 Å². The molecule has 3 amide bonds. The maximum absolute atomic E-state index is 13.9. The zero-order valence-corrected chi connectivity index (χ0v) is 33.1. The first kappa shape index (κ1) is 39.7. The van der Waals surface area contributed by atoms with Gasteiger partial charge in [-0.05, 0) is 97.9 Å². The molecule has 7 rings (SSSR count). The van der Waals surface area contributed by atoms with Gasteiger partial charge in [0.05, 0.1) is 24.9 Å². The minimum atomic E-state index is -0.622. The van der Waals surface area contributed by atoms with Crippen molar-refractivity contribution in [1.82, 2.24) is 20.9 Å². The van der Waals surface area contributed by atoms with Gasteiger partial charge in [-0.25, -0.2) is 4.79 Å². The van der Waals surface area contributed by atoms with E-state index < -0.39 is 6.29 Å². The highest BCUT2D eigenvalue weighted by Gasteiger charge is 2.44. The quantitative estimate of drug-likeness (QED) is 0.122. The van der Waals surface area contributed by atoms with Gasteiger partial charge in [0, 0.05) is 43.2 Å². The summed E-state index contributed by atoms with van der Waals surface area (Å²) in [7, 11) is 0. The molecule has 296 valence electrons. The Hall–Kier alpha value is -4.54. The largest absolute Gasteiger partial charge is 0.392 e. The Labute approximate surface area is 332 Å². The smallest absolute Gasteiger partial charge is 0.315 e. The van der Waals surface area contributed by atoms with E-state index in [1.54, 1.807) is 0 Å². The number of aliphatic hydroxyl groups is 1. The van der Waals surface area contributed by atoms with E-state index in [0.717, 1.165) is 58.2 Å². The fourth-order valence-electron chi connectivity index (χ4n) is 8.74. The number of nitrogens with zero attached hydrogens (tertiary/aromatic N) is 1. The number of rotatable bonds is 11. The van der Waals surface area contributed by atoms with Gasteiger partial charge in [-0.3, -0.25) is 9.69 Å². The molecule has 0 radical (unpaired) electrons. The molecule has 0 spiro atoms. The molecule has 2 heterocycles. The summed E-state index contributed by atoms with van der Waals surface area (Å²) in [5.41, 5.74) is 6.61. The van der Waals surface area contributed by atoms with E-state index in [-0.39, 0.29) is 42.3 Å². The molecular formula is C47H58N4O5. The number of urea groups is 1. The van der Waals surface area contributed by atoms with E-state index in [4.69, 9.17) is 9.47 Å². The van der Waals surface area contributed by atoms with Crippen molar-refractivity contribution >= 4 is 11.9 Å². The molecular weight excluding hydrogens is 701 g/mol. The molecule has 3 aliphatic rings. The maximum atomic E-state index is 13.9. The monoisotopic (exact) mass is 758 g/mol. The van der Waals surface area contributed by atoms with Crippen LogP contribution in [0.1, 0.15) is 106 Å². The number of carbonyl (C=O) groups is 2. The highest BCUT2D eigenvalue weighted by atomic mass is 16.7. The molecule has 6 atom stereocenters. The van der Waals surface area contributed by atoms with Gasteiger partial charge in [0.15, 0.2) is 6.29 Å². The first-order valence-corrected chi connectivity index (χ1v) is 20.4. The van der Waals surface area contributed by atoms with E-state index in [1.165, 1.54) is 19.3 Å². The summed E-state index contributed by atoms with van der Waals surface area (Å²) < 4.78 is 13.7. The molecule has 2 saturated heterocycles. The van der Waals surface area contributed by atoms with Gasteiger partial charge in [0.25, 0.3) is 0 Å². The minimum Gasteiger partial charge on any atom is -0.392 e. The Balaban J connectivity index is 1.10. The summed E-state index contributed by atoms with van der Waals surface area (Å²) in [6.45, 7) is 7.65. The Morgan fingerprint density at radius 3 is 2.18 bits per heavy atom. The van der Waals surface area contributed by atoms with Crippen LogP contribution in [0.15, 0.2) is 103 Å². The fraction of sp³-hybridized carbons (Fsp3) is 0.447. The van der Waals surface area contributed by atoms with E-state index >= 15 is 0 Å². The average Bonchev–Trinajstić information content (AvgIpc) is 3.22. The molecule has 1 saturated carbocycles. The maximum Gasteiger partial charge on any atom is 0.315 e. The van der Waals surface area contributed by atoms with E-state index in [0.29, 0.717) is 38.0 Å². The van der Waals surface area contributed by atoms with Gasteiger partial charge in [-0.1, -0.05) is 104 Å². The van der Waals surface area contributed by atoms with Crippen molar-refractivity contribution in [1.29, 1.82) is 0 Å². The topological polar surface area (TPSA) is 112 Å². The van der Waals surface area contributed by atoms with Gasteiger partial charge < -0.3 is 30.5 Å². The van der Waals surface area contributed by atoms with Crippen molar-refractivity contribution < 1.29 is 24.2 Å². The Bertz CT molecular complexity index is 1910. The van der Waals surface area contributed by atoms with Crippen LogP contribution < -0.4 is 16.0 Å². The lowest BCUT2D eigenvalue weighted by atomic mass is 9.75. The lowest BCUT2D eigenvalue weighted by molar-refractivity contribution is -0.255. The lowest BCUT2D eigenvalue weighted by Crippen LogP contribution is -2.61. The third-order valence-corrected chi connectivity index (χ3v) is 11.5. The van der Waals surface area contributed by atoms with E-state index in [1.807, 2.05) is 93.6 Å². The molecule has 4 aromatic rings. The first-order valence-electron chi connectivity index (χ1n) is 20.4. The number of likely N-dealkylation sites (tertiary alicyclic amines) is 1. The van der Waals surface area contributed by atoms with Crippen LogP contribution in [0.3, 0.4) is 0 Å². The van der Waals surface area contributed by atoms with Gasteiger partial charge in [0.1, 0.15) is 0 Å². The first-order chi connectivity index (χ1) is 27.1. The number of hydrogen-bond acceptors (Lipinski definition) is 6. The molecule has 9 nitrogen and oxygen atoms in total. The average molecular weight is 759 g/mol. The third-order valence-electron chi connectivity index (χ3n) is 11.5. The number of aliphatic hydroxyl groups excluding tert-OH is 1. The van der Waals surface area contributed by atoms with E-state index in [9.17, 15) is 14.7 Å². The molecule has 56 heavy (non-hydrogen) atoms. The van der Waals surface area contributed by atoms with Crippen molar-refractivity contribution in [3.8, 4) is 11.1 Å². The predicted octanol–water partition coefficient (Wildman–Crippen LogP) is 8.33. The fourth-order valence-corrected chi connectivity index (χ4v) is 8.74. The standard InChI is InChI=1S/C47H58N4O5/c1-47(2,3)50-44(53)42-24-23-35-14-7-8-18-41(35)51(42)30-40-27-43(36-21-19-33(31-52)20-22-36)56-45(55-40)39-17-10-16-38(26-39)37-15-9-13-34(25-37)29-49-46(54)48-28-32-11-5-4-6-12-32/h4-6,9-13,15-17,19-22,25-26,35,40-43,45,52H,7-8,14,18,23-24,27-31H2,1-3H3,(H,50,53)(H2,48,49,54). The molecule has 0 bridgehead atoms. The second-order valence-electron chi connectivity index (χ2n) is 16.8. The normalized spacial score (nSPS) is 24.1. The summed E-state index contributed by atoms with van der Waals surface area (Å²) in [6, 6.07) is 34.3. The van der Waals surface area contributed by atoms with Crippen molar-refractivity contribution in [2.24, 2.45) is 5.92 Å². The van der Waals surface area contributed by atoms with Crippen LogP contribution in [0.25, 0.3) is 11.1 Å². The second-order valence-corrected chi connectivity index (χ2v) is 16.8. The van der Waals surface area contributed by atoms with Crippen LogP contribution in [-0.2, 0) is 34.0 Å². The van der Waals surface area contributed by atoms with Crippen LogP contribution in [0.4, 0.5) is 4.79 Å². The molecule has 0 aromatic heterocycles. The number of amides is 3. The second kappa shape index (κ2) is 18.2. The number of fused-ring (bicyclic) bond motifs is 1. The van der Waals surface area contributed by atoms with Crippen molar-refractivity contribution in [2.45, 2.75) is 122 Å². The highest BCUT2D eigenvalue weighted by molar-refractivity contribution is 5.82. The lowest BCUT2D eigenvalue weighted by Gasteiger charge is -2.50. The van der Waals surface area contributed by atoms with Gasteiger partial charge in [0.2, 0.25) is 5.91 Å². The summed E-state index contributed by atoms with van der Waals surface area (Å²) in [6.07, 6.45) is 6.35. The third kappa shape index (κ3) is 10.2. The molecule has 3 fully saturated rings. The van der Waals surface area contributed by atoms with Crippen LogP contribution in [0, 0.1) is 5.92 Å². The minimum absolute atomic E-state index is 0.0127. The van der Waals surface area contributed by atoms with Crippen LogP contribution in [-0.4, -0.2) is 52.2 Å². The number of carbonyl (C=O) groups excluding carboxylic acids is 2. The Kier molecular flexibility index (Phi) is 12.9. The number of nitrogens with one attached hydrogen (secondary N) is 3. The number of piperidine rings is 1. The van der Waals surface area contributed by atoms with Gasteiger partial charge in [-0.15, -0.1) is 0 Å². The zero-order valence-electron chi connectivity index (χ0n) is 33.1. The highest BCUT2D eigenvalue weighted by Crippen LogP contribution is 2.42. The van der Waals surface area contributed by atoms with Crippen LogP contribution >= 0.6 is 0 Å². The van der Waals surface area contributed by atoms with E-state index in [2.05, 4.69) is 51.2 Å². The summed E-state index contributed by atoms with van der Waals surface area (Å²) in [5.74, 6) is 0.713. The zero-order chi connectivity index (χ0) is 39.1. The van der Waals surface area contributed by atoms with Gasteiger partial charge in [-0.2, -0.15) is 0 Å². The molecule has 4 N–H and O–H groups in total. The molecule has 6 unspecified atom stereocenters. The van der Waals surface area contributed by atoms with Crippen molar-refractivity contribution in [2.75, 3.05) is 6.54 Å². The molecule has 9 heteroatoms. The molecule has 4 aromatic carbocycles. The van der Waals surface area contributed by atoms with Crippen molar-refractivity contribution in [3.63, 3.8) is 0 Å². The molecule has 1 aliphatic carbocycles. The van der Waals surface area contributed by atoms with Gasteiger partial charge >= 0.3 is 6.03 Å². The Morgan fingerprint density at radius 2 is 1.43 bits per heavy atom. The summed E-state index contributed by atoms with van der Waals surface area (Å²) in [5, 5.41) is 18.9. The Morgan fingerprint density at radius 1 is 0.732 bits per heavy atom.